The number of halogens is 3. The fourth-order valence-electron chi connectivity index (χ4n) is 1.83. The number of primary amides is 1. The molecule has 2 aromatic rings. The summed E-state index contributed by atoms with van der Waals surface area (Å²) in [5.74, 6) is -3.85. The Morgan fingerprint density at radius 2 is 1.90 bits per heavy atom. The molecule has 0 radical (unpaired) electrons. The van der Waals surface area contributed by atoms with Crippen LogP contribution in [0.2, 0.25) is 0 Å². The van der Waals surface area contributed by atoms with Gasteiger partial charge in [-0.3, -0.25) is 9.78 Å². The number of nitrogens with zero attached hydrogens (tertiary/aromatic N) is 1. The van der Waals surface area contributed by atoms with E-state index in [4.69, 9.17) is 5.73 Å². The Kier molecular flexibility index (Phi) is 3.74. The molecule has 20 heavy (non-hydrogen) atoms. The number of amides is 1. The van der Waals surface area contributed by atoms with Crippen LogP contribution in [0.3, 0.4) is 0 Å². The van der Waals surface area contributed by atoms with E-state index in [1.165, 1.54) is 12.3 Å². The standard InChI is InChI=1S/C14H11F3N2O/c1-7-4-12(14(18)20)19-6-8(7)5-9-10(15)2-3-11(16)13(9)17/h2-4,6H,5H2,1H3,(H2,18,20). The van der Waals surface area contributed by atoms with E-state index < -0.39 is 23.4 Å². The van der Waals surface area contributed by atoms with Gasteiger partial charge in [-0.1, -0.05) is 0 Å². The third kappa shape index (κ3) is 2.64. The van der Waals surface area contributed by atoms with E-state index in [0.29, 0.717) is 11.1 Å². The second-order valence-electron chi connectivity index (χ2n) is 4.36. The van der Waals surface area contributed by atoms with E-state index in [1.807, 2.05) is 0 Å². The smallest absolute Gasteiger partial charge is 0.267 e. The topological polar surface area (TPSA) is 56.0 Å². The number of carbonyl (C=O) groups excluding carboxylic acids is 1. The van der Waals surface area contributed by atoms with Crippen LogP contribution >= 0.6 is 0 Å². The van der Waals surface area contributed by atoms with Crippen LogP contribution in [0.4, 0.5) is 13.2 Å². The lowest BCUT2D eigenvalue weighted by atomic mass is 10.0. The molecule has 104 valence electrons. The first-order valence-electron chi connectivity index (χ1n) is 5.78. The van der Waals surface area contributed by atoms with Gasteiger partial charge in [-0.2, -0.15) is 0 Å². The molecular formula is C14H11F3N2O. The Bertz CT molecular complexity index is 686. The number of pyridine rings is 1. The number of hydrogen-bond donors (Lipinski definition) is 1. The lowest BCUT2D eigenvalue weighted by Gasteiger charge is -2.09. The molecule has 1 aromatic heterocycles. The zero-order chi connectivity index (χ0) is 14.9. The Hall–Kier alpha value is -2.37. The molecule has 0 aliphatic rings. The molecule has 1 aromatic carbocycles. The van der Waals surface area contributed by atoms with Gasteiger partial charge in [0.15, 0.2) is 11.6 Å². The van der Waals surface area contributed by atoms with Gasteiger partial charge < -0.3 is 5.73 Å². The summed E-state index contributed by atoms with van der Waals surface area (Å²) >= 11 is 0. The lowest BCUT2D eigenvalue weighted by Crippen LogP contribution is -2.14. The molecular weight excluding hydrogens is 269 g/mol. The van der Waals surface area contributed by atoms with E-state index in [2.05, 4.69) is 4.98 Å². The third-order valence-electron chi connectivity index (χ3n) is 2.98. The molecule has 1 amide bonds. The summed E-state index contributed by atoms with van der Waals surface area (Å²) in [4.78, 5) is 14.8. The van der Waals surface area contributed by atoms with Crippen LogP contribution in [0.5, 0.6) is 0 Å². The van der Waals surface area contributed by atoms with Crippen LogP contribution < -0.4 is 5.73 Å². The van der Waals surface area contributed by atoms with Gasteiger partial charge in [-0.25, -0.2) is 13.2 Å². The Morgan fingerprint density at radius 3 is 2.50 bits per heavy atom. The van der Waals surface area contributed by atoms with Crippen molar-refractivity contribution in [3.8, 4) is 0 Å². The molecule has 0 bridgehead atoms. The average molecular weight is 280 g/mol. The molecule has 0 fully saturated rings. The van der Waals surface area contributed by atoms with Crippen LogP contribution in [-0.4, -0.2) is 10.9 Å². The van der Waals surface area contributed by atoms with Gasteiger partial charge in [0.25, 0.3) is 5.91 Å². The third-order valence-corrected chi connectivity index (χ3v) is 2.98. The monoisotopic (exact) mass is 280 g/mol. The maximum atomic E-state index is 13.6. The zero-order valence-corrected chi connectivity index (χ0v) is 10.6. The molecule has 0 unspecified atom stereocenters. The molecule has 0 atom stereocenters. The van der Waals surface area contributed by atoms with Crippen molar-refractivity contribution in [1.82, 2.24) is 4.98 Å². The Morgan fingerprint density at radius 1 is 1.25 bits per heavy atom. The molecule has 3 nitrogen and oxygen atoms in total. The van der Waals surface area contributed by atoms with Crippen molar-refractivity contribution in [1.29, 1.82) is 0 Å². The molecule has 2 rings (SSSR count). The first-order chi connectivity index (χ1) is 9.40. The molecule has 0 aliphatic heterocycles. The molecule has 6 heteroatoms. The lowest BCUT2D eigenvalue weighted by molar-refractivity contribution is 0.0995. The maximum absolute atomic E-state index is 13.6. The minimum atomic E-state index is -1.22. The SMILES string of the molecule is Cc1cc(C(N)=O)ncc1Cc1c(F)ccc(F)c1F. The highest BCUT2D eigenvalue weighted by Crippen LogP contribution is 2.21. The largest absolute Gasteiger partial charge is 0.364 e. The molecule has 0 saturated carbocycles. The van der Waals surface area contributed by atoms with Gasteiger partial charge in [0.05, 0.1) is 0 Å². The van der Waals surface area contributed by atoms with Crippen molar-refractivity contribution >= 4 is 5.91 Å². The summed E-state index contributed by atoms with van der Waals surface area (Å²) in [6.07, 6.45) is 1.15. The van der Waals surface area contributed by atoms with Crippen molar-refractivity contribution in [2.75, 3.05) is 0 Å². The highest BCUT2D eigenvalue weighted by Gasteiger charge is 2.16. The normalized spacial score (nSPS) is 10.6. The van der Waals surface area contributed by atoms with Gasteiger partial charge in [0.1, 0.15) is 11.5 Å². The number of nitrogens with two attached hydrogens (primary N) is 1. The van der Waals surface area contributed by atoms with Gasteiger partial charge in [0, 0.05) is 18.2 Å². The van der Waals surface area contributed by atoms with Crippen molar-refractivity contribution < 1.29 is 18.0 Å². The summed E-state index contributed by atoms with van der Waals surface area (Å²) in [7, 11) is 0. The van der Waals surface area contributed by atoms with Crippen LogP contribution in [0.15, 0.2) is 24.4 Å². The van der Waals surface area contributed by atoms with Crippen LogP contribution in [0, 0.1) is 24.4 Å². The number of benzene rings is 1. The fourth-order valence-corrected chi connectivity index (χ4v) is 1.83. The van der Waals surface area contributed by atoms with Crippen molar-refractivity contribution in [3.05, 3.63) is 64.2 Å². The van der Waals surface area contributed by atoms with Crippen molar-refractivity contribution in [2.24, 2.45) is 5.73 Å². The molecule has 0 saturated heterocycles. The Balaban J connectivity index is 2.41. The highest BCUT2D eigenvalue weighted by molar-refractivity contribution is 5.90. The van der Waals surface area contributed by atoms with Crippen molar-refractivity contribution in [3.63, 3.8) is 0 Å². The van der Waals surface area contributed by atoms with Gasteiger partial charge in [0.2, 0.25) is 0 Å². The van der Waals surface area contributed by atoms with E-state index in [9.17, 15) is 18.0 Å². The van der Waals surface area contributed by atoms with E-state index in [1.54, 1.807) is 6.92 Å². The molecule has 0 aliphatic carbocycles. The van der Waals surface area contributed by atoms with Crippen molar-refractivity contribution in [2.45, 2.75) is 13.3 Å². The first kappa shape index (κ1) is 14.0. The number of carbonyl (C=O) groups is 1. The van der Waals surface area contributed by atoms with E-state index in [-0.39, 0.29) is 17.7 Å². The first-order valence-corrected chi connectivity index (χ1v) is 5.78. The molecule has 0 spiro atoms. The van der Waals surface area contributed by atoms with E-state index >= 15 is 0 Å². The molecule has 1 heterocycles. The summed E-state index contributed by atoms with van der Waals surface area (Å²) in [6, 6.07) is 3.02. The number of aryl methyl sites for hydroxylation is 1. The average Bonchev–Trinajstić information content (AvgIpc) is 2.40. The number of rotatable bonds is 3. The zero-order valence-electron chi connectivity index (χ0n) is 10.6. The van der Waals surface area contributed by atoms with Crippen LogP contribution in [0.1, 0.15) is 27.2 Å². The minimum Gasteiger partial charge on any atom is -0.364 e. The van der Waals surface area contributed by atoms with Crippen LogP contribution in [-0.2, 0) is 6.42 Å². The number of hydrogen-bond acceptors (Lipinski definition) is 2. The quantitative estimate of drug-likeness (QED) is 0.878. The highest BCUT2D eigenvalue weighted by atomic mass is 19.2. The van der Waals surface area contributed by atoms with Gasteiger partial charge in [-0.05, 0) is 36.2 Å². The predicted molar refractivity (Wildman–Crippen MR) is 66.6 cm³/mol. The summed E-state index contributed by atoms with van der Waals surface area (Å²) in [5, 5.41) is 0. The van der Waals surface area contributed by atoms with E-state index in [0.717, 1.165) is 12.1 Å². The van der Waals surface area contributed by atoms with Gasteiger partial charge >= 0.3 is 0 Å². The minimum absolute atomic E-state index is 0.0615. The summed E-state index contributed by atoms with van der Waals surface area (Å²) in [6.45, 7) is 1.65. The second-order valence-corrected chi connectivity index (χ2v) is 4.36. The second kappa shape index (κ2) is 5.32. The fraction of sp³-hybridized carbons (Fsp3) is 0.143. The summed E-state index contributed by atoms with van der Waals surface area (Å²) in [5.41, 5.74) is 5.85. The van der Waals surface area contributed by atoms with Crippen LogP contribution in [0.25, 0.3) is 0 Å². The molecule has 2 N–H and O–H groups in total. The summed E-state index contributed by atoms with van der Waals surface area (Å²) < 4.78 is 40.2. The van der Waals surface area contributed by atoms with Gasteiger partial charge in [-0.15, -0.1) is 0 Å². The maximum Gasteiger partial charge on any atom is 0.267 e. The number of aromatic nitrogens is 1. The predicted octanol–water partition coefficient (Wildman–Crippen LogP) is 2.50. The Labute approximate surface area is 113 Å².